The first-order valence-corrected chi connectivity index (χ1v) is 13.9. The van der Waals surface area contributed by atoms with E-state index in [9.17, 15) is 30.0 Å². The Morgan fingerprint density at radius 2 is 1.50 bits per heavy atom. The van der Waals surface area contributed by atoms with E-state index in [0.717, 1.165) is 0 Å². The minimum atomic E-state index is -1.69. The van der Waals surface area contributed by atoms with Crippen molar-refractivity contribution in [2.45, 2.75) is 73.8 Å². The van der Waals surface area contributed by atoms with E-state index in [2.05, 4.69) is 0 Å². The van der Waals surface area contributed by atoms with Gasteiger partial charge in [-0.2, -0.15) is 0 Å². The molecule has 0 radical (unpaired) electrons. The summed E-state index contributed by atoms with van der Waals surface area (Å²) in [6.07, 6.45) is -8.34. The van der Waals surface area contributed by atoms with E-state index in [-0.39, 0.29) is 19.4 Å². The summed E-state index contributed by atoms with van der Waals surface area (Å²) in [5.41, 5.74) is -2.88. The van der Waals surface area contributed by atoms with E-state index < -0.39 is 83.9 Å². The second-order valence-electron chi connectivity index (χ2n) is 12.0. The number of hydrogen-bond acceptors (Lipinski definition) is 12. The Bertz CT molecular complexity index is 1370. The fourth-order valence-electron chi connectivity index (χ4n) is 7.68. The van der Waals surface area contributed by atoms with Crippen LogP contribution in [0.25, 0.3) is 0 Å². The summed E-state index contributed by atoms with van der Waals surface area (Å²) in [6.45, 7) is 1.12. The molecule has 4 N–H and O–H groups in total. The second kappa shape index (κ2) is 9.53. The number of carbonyl (C=O) groups is 2. The van der Waals surface area contributed by atoms with Crippen molar-refractivity contribution in [3.63, 3.8) is 0 Å². The standard InChI is InChI=1S/C30H32O12/c1-27-14-29(36)19-12-30(27,28(19,26(41-27)42-29)15-38-24(35)17-10-6-3-7-11-17)40-25-22(33)21(32)20(31)18(39-25)13-37-23(34)16-8-4-2-5-9-16/h2-11,18-22,25-26,31-33,36H,12-15H2,1H3/t18-,19+,20-,21?,22-,25+,26+,27+,28?,29-,30-/m1/s1. The normalized spacial score (nSPS) is 44.5. The molecule has 2 aromatic carbocycles. The average Bonchev–Trinajstić information content (AvgIpc) is 3.18. The van der Waals surface area contributed by atoms with Gasteiger partial charge in [0.1, 0.15) is 48.8 Å². The van der Waals surface area contributed by atoms with Crippen LogP contribution >= 0.6 is 0 Å². The van der Waals surface area contributed by atoms with Crippen molar-refractivity contribution >= 4 is 11.9 Å². The first-order valence-electron chi connectivity index (χ1n) is 13.9. The van der Waals surface area contributed by atoms with Crippen molar-refractivity contribution in [1.82, 2.24) is 0 Å². The Morgan fingerprint density at radius 1 is 0.881 bits per heavy atom. The van der Waals surface area contributed by atoms with E-state index in [1.807, 2.05) is 0 Å². The monoisotopic (exact) mass is 584 g/mol. The fraction of sp³-hybridized carbons (Fsp3) is 0.533. The molecular weight excluding hydrogens is 552 g/mol. The maximum absolute atomic E-state index is 12.9. The lowest BCUT2D eigenvalue weighted by molar-refractivity contribution is -0.424. The number of aliphatic hydroxyl groups excluding tert-OH is 3. The van der Waals surface area contributed by atoms with Gasteiger partial charge < -0.3 is 48.8 Å². The third-order valence-corrected chi connectivity index (χ3v) is 9.78. The molecule has 42 heavy (non-hydrogen) atoms. The van der Waals surface area contributed by atoms with Crippen molar-refractivity contribution in [2.24, 2.45) is 11.3 Å². The largest absolute Gasteiger partial charge is 0.461 e. The zero-order valence-electron chi connectivity index (χ0n) is 22.7. The van der Waals surface area contributed by atoms with Gasteiger partial charge >= 0.3 is 11.9 Å². The van der Waals surface area contributed by atoms with Crippen LogP contribution < -0.4 is 0 Å². The van der Waals surface area contributed by atoms with E-state index in [4.69, 9.17) is 28.4 Å². The molecule has 6 bridgehead atoms. The molecule has 3 aliphatic carbocycles. The molecule has 3 saturated carbocycles. The maximum Gasteiger partial charge on any atom is 0.338 e. The summed E-state index contributed by atoms with van der Waals surface area (Å²) < 4.78 is 35.7. The first kappa shape index (κ1) is 27.9. The van der Waals surface area contributed by atoms with Crippen molar-refractivity contribution in [1.29, 1.82) is 0 Å². The van der Waals surface area contributed by atoms with Crippen LogP contribution in [-0.4, -0.2) is 99.6 Å². The first-order chi connectivity index (χ1) is 20.0. The van der Waals surface area contributed by atoms with Crippen molar-refractivity contribution in [3.8, 4) is 0 Å². The zero-order chi connectivity index (χ0) is 29.5. The van der Waals surface area contributed by atoms with Crippen LogP contribution in [-0.2, 0) is 28.4 Å². The smallest absolute Gasteiger partial charge is 0.338 e. The number of esters is 2. The Balaban J connectivity index is 1.13. The van der Waals surface area contributed by atoms with E-state index in [0.29, 0.717) is 11.1 Å². The van der Waals surface area contributed by atoms with Crippen LogP contribution in [0.1, 0.15) is 40.5 Å². The van der Waals surface area contributed by atoms with E-state index in [1.54, 1.807) is 67.6 Å². The molecular formula is C30H32O12. The molecule has 0 aromatic heterocycles. The van der Waals surface area contributed by atoms with Gasteiger partial charge in [0, 0.05) is 12.3 Å². The molecule has 7 aliphatic rings. The summed E-state index contributed by atoms with van der Waals surface area (Å²) in [5, 5.41) is 43.6. The Kier molecular flexibility index (Phi) is 6.32. The van der Waals surface area contributed by atoms with Gasteiger partial charge in [-0.3, -0.25) is 0 Å². The summed E-state index contributed by atoms with van der Waals surface area (Å²) in [7, 11) is 0. The van der Waals surface area contributed by atoms with E-state index >= 15 is 0 Å². The van der Waals surface area contributed by atoms with Crippen molar-refractivity contribution in [2.75, 3.05) is 13.2 Å². The number of aliphatic hydroxyl groups is 4. The van der Waals surface area contributed by atoms with Gasteiger partial charge in [-0.25, -0.2) is 9.59 Å². The van der Waals surface area contributed by atoms with Gasteiger partial charge in [0.25, 0.3) is 0 Å². The molecule has 0 amide bonds. The van der Waals surface area contributed by atoms with Gasteiger partial charge in [-0.15, -0.1) is 0 Å². The topological polar surface area (TPSA) is 170 Å². The maximum atomic E-state index is 12.9. The Morgan fingerprint density at radius 3 is 2.14 bits per heavy atom. The van der Waals surface area contributed by atoms with E-state index in [1.165, 1.54) is 0 Å². The molecule has 7 fully saturated rings. The lowest BCUT2D eigenvalue weighted by Gasteiger charge is -2.67. The average molecular weight is 585 g/mol. The van der Waals surface area contributed by atoms with Gasteiger partial charge in [0.05, 0.1) is 16.5 Å². The third kappa shape index (κ3) is 3.70. The fourth-order valence-corrected chi connectivity index (χ4v) is 7.68. The molecule has 4 saturated heterocycles. The molecule has 0 spiro atoms. The highest BCUT2D eigenvalue weighted by Gasteiger charge is 2.94. The SMILES string of the molecule is C[C@@]12C[C@@]3(O)O[C@H](O1)C1(COC(=O)c4ccccc4)[C@@H]3C[C@]12O[C@@H]1O[C@H](COC(=O)c2ccccc2)[C@@H](O)C(O)[C@H]1O. The number of hydrogen-bond donors (Lipinski definition) is 4. The number of benzene rings is 2. The van der Waals surface area contributed by atoms with Gasteiger partial charge in [-0.05, 0) is 37.6 Å². The highest BCUT2D eigenvalue weighted by atomic mass is 16.8. The highest BCUT2D eigenvalue weighted by molar-refractivity contribution is 5.89. The van der Waals surface area contributed by atoms with Crippen LogP contribution in [0.3, 0.4) is 0 Å². The minimum absolute atomic E-state index is 0.0572. The summed E-state index contributed by atoms with van der Waals surface area (Å²) in [4.78, 5) is 25.4. The third-order valence-electron chi connectivity index (χ3n) is 9.78. The molecule has 2 aromatic rings. The number of rotatable bonds is 8. The Labute approximate surface area is 240 Å². The van der Waals surface area contributed by atoms with Crippen LogP contribution in [0.4, 0.5) is 0 Å². The van der Waals surface area contributed by atoms with Crippen molar-refractivity contribution in [3.05, 3.63) is 71.8 Å². The van der Waals surface area contributed by atoms with Gasteiger partial charge in [-0.1, -0.05) is 36.4 Å². The quantitative estimate of drug-likeness (QED) is 0.318. The summed E-state index contributed by atoms with van der Waals surface area (Å²) in [5.74, 6) is -3.25. The van der Waals surface area contributed by atoms with Crippen molar-refractivity contribution < 1.29 is 58.4 Å². The van der Waals surface area contributed by atoms with Gasteiger partial charge in [0.15, 0.2) is 18.4 Å². The lowest BCUT2D eigenvalue weighted by Crippen LogP contribution is -2.80. The predicted molar refractivity (Wildman–Crippen MR) is 138 cm³/mol. The highest BCUT2D eigenvalue weighted by Crippen LogP contribution is 2.81. The van der Waals surface area contributed by atoms with Gasteiger partial charge in [0.2, 0.25) is 0 Å². The lowest BCUT2D eigenvalue weighted by atomic mass is 9.41. The van der Waals surface area contributed by atoms with Crippen LogP contribution in [0.2, 0.25) is 0 Å². The predicted octanol–water partition coefficient (Wildman–Crippen LogP) is 0.507. The number of carbonyl (C=O) groups excluding carboxylic acids is 2. The molecule has 4 aliphatic heterocycles. The molecule has 9 rings (SSSR count). The zero-order valence-corrected chi connectivity index (χ0v) is 22.7. The molecule has 12 heteroatoms. The van der Waals surface area contributed by atoms with Crippen LogP contribution in [0.5, 0.6) is 0 Å². The molecule has 4 heterocycles. The molecule has 224 valence electrons. The summed E-state index contributed by atoms with van der Waals surface area (Å²) in [6, 6.07) is 16.7. The summed E-state index contributed by atoms with van der Waals surface area (Å²) >= 11 is 0. The molecule has 12 nitrogen and oxygen atoms in total. The Hall–Kier alpha value is -2.94. The molecule has 11 atom stereocenters. The molecule has 2 unspecified atom stereocenters. The second-order valence-corrected chi connectivity index (χ2v) is 12.0. The minimum Gasteiger partial charge on any atom is -0.461 e. The van der Waals surface area contributed by atoms with Crippen LogP contribution in [0, 0.1) is 11.3 Å². The number of ether oxygens (including phenoxy) is 6. The van der Waals surface area contributed by atoms with Crippen LogP contribution in [0.15, 0.2) is 60.7 Å².